The summed E-state index contributed by atoms with van der Waals surface area (Å²) < 4.78 is 1.92. The second-order valence-corrected chi connectivity index (χ2v) is 6.39. The number of hydrazine groups is 1. The van der Waals surface area contributed by atoms with Crippen molar-refractivity contribution in [2.24, 2.45) is 5.84 Å². The van der Waals surface area contributed by atoms with Crippen molar-refractivity contribution in [3.63, 3.8) is 0 Å². The van der Waals surface area contributed by atoms with Gasteiger partial charge in [-0.3, -0.25) is 4.79 Å². The first-order valence-corrected chi connectivity index (χ1v) is 8.05. The molecule has 0 aliphatic rings. The third-order valence-corrected chi connectivity index (χ3v) is 5.16. The molecule has 0 fully saturated rings. The van der Waals surface area contributed by atoms with E-state index in [0.29, 0.717) is 26.8 Å². The second kappa shape index (κ2) is 5.10. The molecular weight excluding hydrogens is 334 g/mol. The molecule has 4 aromatic heterocycles. The SMILES string of the molecule is N#Cc1c(-c2cccs2)nc2sc3c(NN)ncnc3n2c1=O. The van der Waals surface area contributed by atoms with E-state index >= 15 is 0 Å². The quantitative estimate of drug-likeness (QED) is 0.419. The predicted octanol–water partition coefficient (Wildman–Crippen LogP) is 1.58. The van der Waals surface area contributed by atoms with Crippen LogP contribution >= 0.6 is 22.7 Å². The maximum atomic E-state index is 12.7. The van der Waals surface area contributed by atoms with E-state index in [1.807, 2.05) is 23.6 Å². The van der Waals surface area contributed by atoms with Gasteiger partial charge in [0.25, 0.3) is 5.56 Å². The number of hydrogen-bond acceptors (Lipinski definition) is 9. The minimum Gasteiger partial charge on any atom is -0.307 e. The molecule has 0 saturated heterocycles. The lowest BCUT2D eigenvalue weighted by atomic mass is 10.2. The van der Waals surface area contributed by atoms with E-state index in [1.54, 1.807) is 0 Å². The normalized spacial score (nSPS) is 11.0. The number of thiophene rings is 1. The average Bonchev–Trinajstić information content (AvgIpc) is 3.21. The number of nitrogens with two attached hydrogens (primary N) is 1. The molecule has 0 aliphatic heterocycles. The van der Waals surface area contributed by atoms with Crippen LogP contribution in [-0.2, 0) is 0 Å². The zero-order valence-electron chi connectivity index (χ0n) is 11.3. The first kappa shape index (κ1) is 13.8. The van der Waals surface area contributed by atoms with Crippen LogP contribution in [0, 0.1) is 11.3 Å². The molecule has 23 heavy (non-hydrogen) atoms. The van der Waals surface area contributed by atoms with Gasteiger partial charge in [-0.1, -0.05) is 17.4 Å². The first-order valence-electron chi connectivity index (χ1n) is 6.35. The number of nitrogen functional groups attached to an aromatic ring is 1. The van der Waals surface area contributed by atoms with Gasteiger partial charge in [0, 0.05) is 0 Å². The van der Waals surface area contributed by atoms with Gasteiger partial charge in [0.15, 0.2) is 16.4 Å². The number of fused-ring (bicyclic) bond motifs is 3. The number of aromatic nitrogens is 4. The number of hydrogen-bond donors (Lipinski definition) is 2. The molecule has 0 atom stereocenters. The van der Waals surface area contributed by atoms with E-state index in [2.05, 4.69) is 20.4 Å². The largest absolute Gasteiger partial charge is 0.307 e. The summed E-state index contributed by atoms with van der Waals surface area (Å²) in [4.78, 5) is 26.6. The van der Waals surface area contributed by atoms with Crippen molar-refractivity contribution in [1.82, 2.24) is 19.4 Å². The Bertz CT molecular complexity index is 1140. The average molecular weight is 341 g/mol. The minimum atomic E-state index is -0.450. The van der Waals surface area contributed by atoms with Crippen molar-refractivity contribution < 1.29 is 0 Å². The Morgan fingerprint density at radius 3 is 2.96 bits per heavy atom. The molecule has 4 heterocycles. The third-order valence-electron chi connectivity index (χ3n) is 3.25. The number of nitriles is 1. The predicted molar refractivity (Wildman–Crippen MR) is 88.3 cm³/mol. The Hall–Kier alpha value is -2.87. The monoisotopic (exact) mass is 341 g/mol. The lowest BCUT2D eigenvalue weighted by molar-refractivity contribution is 1.06. The van der Waals surface area contributed by atoms with Crippen molar-refractivity contribution in [2.45, 2.75) is 0 Å². The summed E-state index contributed by atoms with van der Waals surface area (Å²) >= 11 is 2.66. The van der Waals surface area contributed by atoms with Crippen LogP contribution in [0.5, 0.6) is 0 Å². The fourth-order valence-electron chi connectivity index (χ4n) is 2.26. The van der Waals surface area contributed by atoms with Crippen molar-refractivity contribution in [3.8, 4) is 16.6 Å². The van der Waals surface area contributed by atoms with Crippen LogP contribution in [0.2, 0.25) is 0 Å². The highest BCUT2D eigenvalue weighted by atomic mass is 32.1. The summed E-state index contributed by atoms with van der Waals surface area (Å²) in [7, 11) is 0. The Morgan fingerprint density at radius 2 is 2.26 bits per heavy atom. The summed E-state index contributed by atoms with van der Waals surface area (Å²) in [5, 5.41) is 11.3. The van der Waals surface area contributed by atoms with Gasteiger partial charge in [-0.25, -0.2) is 25.2 Å². The van der Waals surface area contributed by atoms with E-state index in [1.165, 1.54) is 33.4 Å². The van der Waals surface area contributed by atoms with Gasteiger partial charge in [0.2, 0.25) is 0 Å². The topological polar surface area (TPSA) is 122 Å². The molecule has 0 saturated carbocycles. The summed E-state index contributed by atoms with van der Waals surface area (Å²) in [5.74, 6) is 5.85. The van der Waals surface area contributed by atoms with Gasteiger partial charge in [-0.2, -0.15) is 5.26 Å². The number of nitrogens with one attached hydrogen (secondary N) is 1. The van der Waals surface area contributed by atoms with Gasteiger partial charge in [0.1, 0.15) is 28.4 Å². The summed E-state index contributed by atoms with van der Waals surface area (Å²) in [6.45, 7) is 0. The highest BCUT2D eigenvalue weighted by Crippen LogP contribution is 2.30. The van der Waals surface area contributed by atoms with E-state index in [9.17, 15) is 10.1 Å². The fourth-order valence-corrected chi connectivity index (χ4v) is 4.00. The Morgan fingerprint density at radius 1 is 1.39 bits per heavy atom. The first-order chi connectivity index (χ1) is 11.2. The molecular formula is C13H7N7OS2. The number of rotatable bonds is 2. The van der Waals surface area contributed by atoms with Gasteiger partial charge in [-0.15, -0.1) is 11.3 Å². The molecule has 3 N–H and O–H groups in total. The molecule has 4 rings (SSSR count). The van der Waals surface area contributed by atoms with E-state index in [0.717, 1.165) is 4.88 Å². The summed E-state index contributed by atoms with van der Waals surface area (Å²) in [5.41, 5.74) is 2.77. The maximum absolute atomic E-state index is 12.7. The Balaban J connectivity index is 2.20. The van der Waals surface area contributed by atoms with E-state index in [-0.39, 0.29) is 5.56 Å². The molecule has 0 unspecified atom stereocenters. The third kappa shape index (κ3) is 1.92. The fraction of sp³-hybridized carbons (Fsp3) is 0. The number of thiazole rings is 1. The zero-order valence-corrected chi connectivity index (χ0v) is 13.0. The molecule has 112 valence electrons. The van der Waals surface area contributed by atoms with Crippen LogP contribution in [0.1, 0.15) is 5.56 Å². The molecule has 4 aromatic rings. The van der Waals surface area contributed by atoms with Crippen LogP contribution in [0.3, 0.4) is 0 Å². The van der Waals surface area contributed by atoms with Crippen molar-refractivity contribution in [1.29, 1.82) is 5.26 Å². The van der Waals surface area contributed by atoms with Gasteiger partial charge >= 0.3 is 0 Å². The maximum Gasteiger partial charge on any atom is 0.278 e. The van der Waals surface area contributed by atoms with Crippen molar-refractivity contribution in [2.75, 3.05) is 5.43 Å². The van der Waals surface area contributed by atoms with Crippen LogP contribution in [-0.4, -0.2) is 19.4 Å². The summed E-state index contributed by atoms with van der Waals surface area (Å²) in [6, 6.07) is 5.63. The van der Waals surface area contributed by atoms with Crippen LogP contribution in [0.15, 0.2) is 28.6 Å². The highest BCUT2D eigenvalue weighted by molar-refractivity contribution is 7.24. The standard InChI is InChI=1S/C13H7N7OS2/c14-4-6-8(7-2-1-3-22-7)18-13-20(12(6)21)11-9(23-13)10(19-15)16-5-17-11/h1-3,5H,15H2,(H,16,17,19). The lowest BCUT2D eigenvalue weighted by Crippen LogP contribution is -2.18. The zero-order chi connectivity index (χ0) is 16.0. The molecule has 10 heteroatoms. The van der Waals surface area contributed by atoms with Gasteiger partial charge in [0.05, 0.1) is 4.88 Å². The second-order valence-electron chi connectivity index (χ2n) is 4.47. The van der Waals surface area contributed by atoms with Crippen LogP contribution < -0.4 is 16.8 Å². The molecule has 0 radical (unpaired) electrons. The van der Waals surface area contributed by atoms with Gasteiger partial charge < -0.3 is 5.43 Å². The Kier molecular flexibility index (Phi) is 3.05. The molecule has 0 aromatic carbocycles. The Labute approximate surface area is 136 Å². The lowest BCUT2D eigenvalue weighted by Gasteiger charge is -2.01. The number of nitrogens with zero attached hydrogens (tertiary/aromatic N) is 5. The molecule has 8 nitrogen and oxygen atoms in total. The highest BCUT2D eigenvalue weighted by Gasteiger charge is 2.20. The summed E-state index contributed by atoms with van der Waals surface area (Å²) in [6.07, 6.45) is 1.30. The minimum absolute atomic E-state index is 0.00878. The smallest absolute Gasteiger partial charge is 0.278 e. The van der Waals surface area contributed by atoms with Crippen molar-refractivity contribution in [3.05, 3.63) is 39.8 Å². The van der Waals surface area contributed by atoms with Crippen molar-refractivity contribution >= 4 is 43.8 Å². The molecule has 0 amide bonds. The van der Waals surface area contributed by atoms with E-state index in [4.69, 9.17) is 5.84 Å². The van der Waals surface area contributed by atoms with E-state index < -0.39 is 5.56 Å². The molecule has 0 spiro atoms. The molecule has 0 bridgehead atoms. The molecule has 0 aliphatic carbocycles. The van der Waals surface area contributed by atoms with Crippen LogP contribution in [0.25, 0.3) is 25.9 Å². The van der Waals surface area contributed by atoms with Crippen LogP contribution in [0.4, 0.5) is 5.82 Å². The van der Waals surface area contributed by atoms with Gasteiger partial charge in [-0.05, 0) is 11.4 Å². The number of anilines is 1.